The van der Waals surface area contributed by atoms with Gasteiger partial charge in [-0.25, -0.2) is 0 Å². The summed E-state index contributed by atoms with van der Waals surface area (Å²) in [6.45, 7) is 4.01. The van der Waals surface area contributed by atoms with Crippen LogP contribution in [0.4, 0.5) is 0 Å². The average Bonchev–Trinajstić information content (AvgIpc) is 2.97. The molecule has 1 N–H and O–H groups in total. The van der Waals surface area contributed by atoms with Crippen molar-refractivity contribution in [3.8, 4) is 11.5 Å². The molecule has 3 rings (SSSR count). The van der Waals surface area contributed by atoms with Crippen LogP contribution in [0.3, 0.4) is 0 Å². The highest BCUT2D eigenvalue weighted by Gasteiger charge is 2.18. The Labute approximate surface area is 129 Å². The van der Waals surface area contributed by atoms with Crippen molar-refractivity contribution in [2.24, 2.45) is 0 Å². The second kappa shape index (κ2) is 6.37. The first-order valence-corrected chi connectivity index (χ1v) is 7.51. The molecule has 0 saturated carbocycles. The molecule has 0 amide bonds. The van der Waals surface area contributed by atoms with E-state index in [-0.39, 0.29) is 6.79 Å². The van der Waals surface area contributed by atoms with Crippen molar-refractivity contribution in [1.82, 2.24) is 5.32 Å². The first-order chi connectivity index (χ1) is 10.3. The molecule has 2 aromatic carbocycles. The van der Waals surface area contributed by atoms with Crippen LogP contribution in [0.2, 0.25) is 5.02 Å². The van der Waals surface area contributed by atoms with E-state index in [4.69, 9.17) is 21.1 Å². The maximum absolute atomic E-state index is 6.19. The van der Waals surface area contributed by atoms with E-state index in [1.807, 2.05) is 12.1 Å². The van der Waals surface area contributed by atoms with Crippen LogP contribution < -0.4 is 14.8 Å². The lowest BCUT2D eigenvalue weighted by Crippen LogP contribution is -2.13. The highest BCUT2D eigenvalue weighted by atomic mass is 35.5. The molecule has 1 heterocycles. The summed E-state index contributed by atoms with van der Waals surface area (Å²) in [4.78, 5) is 0. The summed E-state index contributed by atoms with van der Waals surface area (Å²) >= 11 is 6.19. The van der Waals surface area contributed by atoms with Gasteiger partial charge in [-0.3, -0.25) is 0 Å². The maximum Gasteiger partial charge on any atom is 0.231 e. The SMILES string of the molecule is CCc1ccccc1CNCc1cc(Cl)c2c(c1)OCO2. The summed E-state index contributed by atoms with van der Waals surface area (Å²) in [5.74, 6) is 1.38. The molecule has 21 heavy (non-hydrogen) atoms. The number of nitrogens with one attached hydrogen (secondary N) is 1. The molecule has 1 aliphatic heterocycles. The normalized spacial score (nSPS) is 12.7. The molecule has 4 heteroatoms. The quantitative estimate of drug-likeness (QED) is 0.908. The Kier molecular flexibility index (Phi) is 4.32. The second-order valence-electron chi connectivity index (χ2n) is 5.04. The van der Waals surface area contributed by atoms with E-state index in [1.54, 1.807) is 0 Å². The zero-order valence-corrected chi connectivity index (χ0v) is 12.7. The summed E-state index contributed by atoms with van der Waals surface area (Å²) in [6, 6.07) is 12.4. The Morgan fingerprint density at radius 3 is 2.71 bits per heavy atom. The second-order valence-corrected chi connectivity index (χ2v) is 5.44. The van der Waals surface area contributed by atoms with Crippen molar-refractivity contribution in [1.29, 1.82) is 0 Å². The van der Waals surface area contributed by atoms with Gasteiger partial charge in [-0.05, 0) is 35.2 Å². The molecule has 0 aromatic heterocycles. The molecule has 0 spiro atoms. The van der Waals surface area contributed by atoms with Crippen molar-refractivity contribution in [2.45, 2.75) is 26.4 Å². The summed E-state index contributed by atoms with van der Waals surface area (Å²) in [5.41, 5.74) is 3.82. The molecule has 0 bridgehead atoms. The van der Waals surface area contributed by atoms with Crippen molar-refractivity contribution in [2.75, 3.05) is 6.79 Å². The van der Waals surface area contributed by atoms with Crippen LogP contribution in [0, 0.1) is 0 Å². The summed E-state index contributed by atoms with van der Waals surface area (Å²) in [6.07, 6.45) is 1.05. The number of aryl methyl sites for hydroxylation is 1. The fourth-order valence-corrected chi connectivity index (χ4v) is 2.83. The van der Waals surface area contributed by atoms with E-state index >= 15 is 0 Å². The third-order valence-electron chi connectivity index (χ3n) is 3.63. The number of fused-ring (bicyclic) bond motifs is 1. The highest BCUT2D eigenvalue weighted by molar-refractivity contribution is 6.32. The van der Waals surface area contributed by atoms with Gasteiger partial charge in [0.2, 0.25) is 6.79 Å². The van der Waals surface area contributed by atoms with Gasteiger partial charge in [-0.15, -0.1) is 0 Å². The van der Waals surface area contributed by atoms with Gasteiger partial charge in [-0.1, -0.05) is 42.8 Å². The Morgan fingerprint density at radius 2 is 1.90 bits per heavy atom. The monoisotopic (exact) mass is 303 g/mol. The van der Waals surface area contributed by atoms with Crippen LogP contribution in [0.25, 0.3) is 0 Å². The molecular formula is C17H18ClNO2. The van der Waals surface area contributed by atoms with Crippen molar-refractivity contribution in [3.63, 3.8) is 0 Å². The van der Waals surface area contributed by atoms with Crippen LogP contribution in [0.15, 0.2) is 36.4 Å². The largest absolute Gasteiger partial charge is 0.454 e. The number of hydrogen-bond donors (Lipinski definition) is 1. The van der Waals surface area contributed by atoms with Gasteiger partial charge in [0, 0.05) is 13.1 Å². The lowest BCUT2D eigenvalue weighted by molar-refractivity contribution is 0.174. The Balaban J connectivity index is 1.65. The van der Waals surface area contributed by atoms with Gasteiger partial charge in [0.05, 0.1) is 5.02 Å². The van der Waals surface area contributed by atoms with Gasteiger partial charge in [0.15, 0.2) is 11.5 Å². The van der Waals surface area contributed by atoms with E-state index in [9.17, 15) is 0 Å². The summed E-state index contributed by atoms with van der Waals surface area (Å²) in [7, 11) is 0. The molecule has 2 aromatic rings. The minimum absolute atomic E-state index is 0.246. The van der Waals surface area contributed by atoms with Crippen molar-refractivity contribution < 1.29 is 9.47 Å². The van der Waals surface area contributed by atoms with Gasteiger partial charge in [-0.2, -0.15) is 0 Å². The third-order valence-corrected chi connectivity index (χ3v) is 3.91. The molecule has 0 fully saturated rings. The number of rotatable bonds is 5. The van der Waals surface area contributed by atoms with Crippen LogP contribution >= 0.6 is 11.6 Å². The number of benzene rings is 2. The lowest BCUT2D eigenvalue weighted by Gasteiger charge is -2.10. The molecule has 0 unspecified atom stereocenters. The van der Waals surface area contributed by atoms with E-state index in [0.717, 1.165) is 30.8 Å². The van der Waals surface area contributed by atoms with Crippen LogP contribution in [0.1, 0.15) is 23.6 Å². The van der Waals surface area contributed by atoms with Crippen molar-refractivity contribution >= 4 is 11.6 Å². The highest BCUT2D eigenvalue weighted by Crippen LogP contribution is 2.39. The van der Waals surface area contributed by atoms with E-state index in [1.165, 1.54) is 11.1 Å². The fraction of sp³-hybridized carbons (Fsp3) is 0.294. The zero-order chi connectivity index (χ0) is 14.7. The summed E-state index contributed by atoms with van der Waals surface area (Å²) < 4.78 is 10.7. The van der Waals surface area contributed by atoms with Crippen LogP contribution in [-0.2, 0) is 19.5 Å². The molecular weight excluding hydrogens is 286 g/mol. The molecule has 110 valence electrons. The Bertz CT molecular complexity index is 643. The van der Waals surface area contributed by atoms with E-state index in [0.29, 0.717) is 10.8 Å². The summed E-state index contributed by atoms with van der Waals surface area (Å²) in [5, 5.41) is 4.06. The van der Waals surface area contributed by atoms with Gasteiger partial charge < -0.3 is 14.8 Å². The van der Waals surface area contributed by atoms with Crippen molar-refractivity contribution in [3.05, 3.63) is 58.1 Å². The Hall–Kier alpha value is -1.71. The average molecular weight is 304 g/mol. The minimum Gasteiger partial charge on any atom is -0.454 e. The fourth-order valence-electron chi connectivity index (χ4n) is 2.54. The lowest BCUT2D eigenvalue weighted by atomic mass is 10.1. The van der Waals surface area contributed by atoms with E-state index in [2.05, 4.69) is 36.5 Å². The molecule has 3 nitrogen and oxygen atoms in total. The topological polar surface area (TPSA) is 30.5 Å². The van der Waals surface area contributed by atoms with E-state index < -0.39 is 0 Å². The number of ether oxygens (including phenoxy) is 2. The predicted molar refractivity (Wildman–Crippen MR) is 83.9 cm³/mol. The minimum atomic E-state index is 0.246. The molecule has 0 atom stereocenters. The maximum atomic E-state index is 6.19. The van der Waals surface area contributed by atoms with Crippen LogP contribution in [-0.4, -0.2) is 6.79 Å². The third kappa shape index (κ3) is 3.14. The molecule has 0 saturated heterocycles. The van der Waals surface area contributed by atoms with Crippen LogP contribution in [0.5, 0.6) is 11.5 Å². The van der Waals surface area contributed by atoms with Gasteiger partial charge >= 0.3 is 0 Å². The zero-order valence-electron chi connectivity index (χ0n) is 12.0. The first-order valence-electron chi connectivity index (χ1n) is 7.13. The van der Waals surface area contributed by atoms with Gasteiger partial charge in [0.1, 0.15) is 0 Å². The Morgan fingerprint density at radius 1 is 1.10 bits per heavy atom. The van der Waals surface area contributed by atoms with Gasteiger partial charge in [0.25, 0.3) is 0 Å². The number of halogens is 1. The predicted octanol–water partition coefficient (Wildman–Crippen LogP) is 3.92. The first kappa shape index (κ1) is 14.2. The molecule has 0 radical (unpaired) electrons. The molecule has 0 aliphatic carbocycles. The number of hydrogen-bond acceptors (Lipinski definition) is 3. The molecule has 1 aliphatic rings. The standard InChI is InChI=1S/C17H18ClNO2/c1-2-13-5-3-4-6-14(13)10-19-9-12-7-15(18)17-16(8-12)20-11-21-17/h3-8,19H,2,9-11H2,1H3. The smallest absolute Gasteiger partial charge is 0.231 e.